The number of hydrogen-bond donors (Lipinski definition) is 1. The van der Waals surface area contributed by atoms with Gasteiger partial charge < -0.3 is 9.88 Å². The van der Waals surface area contributed by atoms with E-state index in [-0.39, 0.29) is 17.2 Å². The first-order valence-electron chi connectivity index (χ1n) is 8.11. The predicted octanol–water partition coefficient (Wildman–Crippen LogP) is 2.11. The molecule has 0 aliphatic carbocycles. The van der Waals surface area contributed by atoms with Gasteiger partial charge in [-0.05, 0) is 31.4 Å². The van der Waals surface area contributed by atoms with Gasteiger partial charge >= 0.3 is 0 Å². The maximum absolute atomic E-state index is 12.8. The number of nitrogens with zero attached hydrogens (tertiary/aromatic N) is 3. The fourth-order valence-electron chi connectivity index (χ4n) is 2.98. The number of fused-ring (bicyclic) bond motifs is 1. The van der Waals surface area contributed by atoms with E-state index >= 15 is 0 Å². The van der Waals surface area contributed by atoms with Gasteiger partial charge in [0.2, 0.25) is 0 Å². The molecular weight excluding hydrogens is 328 g/mol. The van der Waals surface area contributed by atoms with Crippen LogP contribution in [-0.2, 0) is 7.05 Å². The summed E-state index contributed by atoms with van der Waals surface area (Å²) in [6.45, 7) is 3.54. The van der Waals surface area contributed by atoms with Gasteiger partial charge in [-0.1, -0.05) is 18.1 Å². The van der Waals surface area contributed by atoms with Crippen LogP contribution in [0, 0.1) is 19.3 Å². The third-order valence-electron chi connectivity index (χ3n) is 4.35. The van der Waals surface area contributed by atoms with Gasteiger partial charge in [0.05, 0.1) is 17.1 Å². The molecule has 3 aromatic rings. The number of terminal acetylenes is 1. The zero-order valence-electron chi connectivity index (χ0n) is 14.8. The Bertz CT molecular complexity index is 1110. The summed E-state index contributed by atoms with van der Waals surface area (Å²) in [6, 6.07) is 6.85. The summed E-state index contributed by atoms with van der Waals surface area (Å²) in [5.41, 5.74) is 1.85. The van der Waals surface area contributed by atoms with Crippen LogP contribution in [0.1, 0.15) is 40.4 Å². The highest BCUT2D eigenvalue weighted by molar-refractivity contribution is 5.93. The molecule has 6 heteroatoms. The zero-order chi connectivity index (χ0) is 18.8. The summed E-state index contributed by atoms with van der Waals surface area (Å²) in [6.07, 6.45) is 8.51. The lowest BCUT2D eigenvalue weighted by Crippen LogP contribution is -2.32. The standard InChI is InChI=1S/C20H18N4O2/c1-5-14-7-6-8-15-11-16(24(4)20(26)17(14)15)12(2)23-19(25)18-13(3)21-9-10-22-18/h1,6-12H,2-4H3,(H,23,25)/t12-/m1/s1. The number of aromatic nitrogens is 3. The maximum atomic E-state index is 12.8. The van der Waals surface area contributed by atoms with Gasteiger partial charge in [0.1, 0.15) is 5.69 Å². The van der Waals surface area contributed by atoms with Crippen molar-refractivity contribution in [3.05, 3.63) is 69.7 Å². The van der Waals surface area contributed by atoms with Gasteiger partial charge in [0.25, 0.3) is 11.5 Å². The van der Waals surface area contributed by atoms with E-state index in [0.717, 1.165) is 5.39 Å². The molecular formula is C20H18N4O2. The van der Waals surface area contributed by atoms with E-state index in [0.29, 0.717) is 22.3 Å². The summed E-state index contributed by atoms with van der Waals surface area (Å²) < 4.78 is 1.51. The van der Waals surface area contributed by atoms with Crippen molar-refractivity contribution in [2.75, 3.05) is 0 Å². The molecule has 0 aliphatic rings. The number of pyridine rings is 1. The first-order chi connectivity index (χ1) is 12.4. The first kappa shape index (κ1) is 17.4. The van der Waals surface area contributed by atoms with Crippen molar-refractivity contribution in [1.29, 1.82) is 0 Å². The van der Waals surface area contributed by atoms with Crippen molar-refractivity contribution < 1.29 is 4.79 Å². The van der Waals surface area contributed by atoms with Crippen LogP contribution in [0.15, 0.2) is 41.5 Å². The van der Waals surface area contributed by atoms with Crippen LogP contribution in [0.5, 0.6) is 0 Å². The second-order valence-electron chi connectivity index (χ2n) is 6.03. The molecule has 1 atom stereocenters. The highest BCUT2D eigenvalue weighted by Crippen LogP contribution is 2.20. The van der Waals surface area contributed by atoms with Crippen LogP contribution in [0.3, 0.4) is 0 Å². The fraction of sp³-hybridized carbons (Fsp3) is 0.200. The Morgan fingerprint density at radius 3 is 2.73 bits per heavy atom. The van der Waals surface area contributed by atoms with Gasteiger partial charge in [0.15, 0.2) is 0 Å². The third-order valence-corrected chi connectivity index (χ3v) is 4.35. The number of rotatable bonds is 3. The third kappa shape index (κ3) is 2.95. The summed E-state index contributed by atoms with van der Waals surface area (Å²) in [5.74, 6) is 2.21. The van der Waals surface area contributed by atoms with Gasteiger partial charge in [-0.25, -0.2) is 4.98 Å². The largest absolute Gasteiger partial charge is 0.343 e. The van der Waals surface area contributed by atoms with E-state index in [1.54, 1.807) is 20.0 Å². The molecule has 0 fully saturated rings. The SMILES string of the molecule is C#Cc1cccc2cc([C@@H](C)NC(=O)c3nccnc3C)n(C)c(=O)c12. The molecule has 0 saturated heterocycles. The Morgan fingerprint density at radius 1 is 1.31 bits per heavy atom. The second-order valence-corrected chi connectivity index (χ2v) is 6.03. The normalized spacial score (nSPS) is 11.8. The topological polar surface area (TPSA) is 76.9 Å². The highest BCUT2D eigenvalue weighted by Gasteiger charge is 2.18. The van der Waals surface area contributed by atoms with Crippen molar-refractivity contribution in [3.8, 4) is 12.3 Å². The molecule has 2 heterocycles. The van der Waals surface area contributed by atoms with Crippen molar-refractivity contribution >= 4 is 16.7 Å². The monoisotopic (exact) mass is 346 g/mol. The van der Waals surface area contributed by atoms with E-state index < -0.39 is 6.04 Å². The number of hydrogen-bond acceptors (Lipinski definition) is 4. The number of carbonyl (C=O) groups excluding carboxylic acids is 1. The molecule has 0 radical (unpaired) electrons. The number of aryl methyl sites for hydroxylation is 1. The Morgan fingerprint density at radius 2 is 2.04 bits per heavy atom. The van der Waals surface area contributed by atoms with E-state index in [1.165, 1.54) is 17.0 Å². The molecule has 0 bridgehead atoms. The number of amides is 1. The van der Waals surface area contributed by atoms with E-state index in [4.69, 9.17) is 6.42 Å². The zero-order valence-corrected chi connectivity index (χ0v) is 14.8. The maximum Gasteiger partial charge on any atom is 0.272 e. The molecule has 0 unspecified atom stereocenters. The van der Waals surface area contributed by atoms with Crippen LogP contribution in [0.2, 0.25) is 0 Å². The molecule has 1 N–H and O–H groups in total. The smallest absolute Gasteiger partial charge is 0.272 e. The summed E-state index contributed by atoms with van der Waals surface area (Å²) in [5, 5.41) is 4.12. The fourth-order valence-corrected chi connectivity index (χ4v) is 2.98. The van der Waals surface area contributed by atoms with Gasteiger partial charge in [-0.15, -0.1) is 6.42 Å². The van der Waals surface area contributed by atoms with Gasteiger partial charge in [-0.3, -0.25) is 14.6 Å². The quantitative estimate of drug-likeness (QED) is 0.737. The number of benzene rings is 1. The van der Waals surface area contributed by atoms with Crippen LogP contribution >= 0.6 is 0 Å². The molecule has 0 spiro atoms. The van der Waals surface area contributed by atoms with E-state index in [9.17, 15) is 9.59 Å². The van der Waals surface area contributed by atoms with Crippen molar-refractivity contribution in [1.82, 2.24) is 19.9 Å². The highest BCUT2D eigenvalue weighted by atomic mass is 16.2. The second kappa shape index (κ2) is 6.81. The average Bonchev–Trinajstić information content (AvgIpc) is 2.64. The molecule has 26 heavy (non-hydrogen) atoms. The molecule has 3 rings (SSSR count). The van der Waals surface area contributed by atoms with Gasteiger partial charge in [0, 0.05) is 30.7 Å². The summed E-state index contributed by atoms with van der Waals surface area (Å²) in [7, 11) is 1.67. The lowest BCUT2D eigenvalue weighted by Gasteiger charge is -2.19. The van der Waals surface area contributed by atoms with Crippen LogP contribution in [-0.4, -0.2) is 20.4 Å². The number of carbonyl (C=O) groups is 1. The molecule has 0 saturated carbocycles. The van der Waals surface area contributed by atoms with Crippen molar-refractivity contribution in [2.24, 2.45) is 7.05 Å². The average molecular weight is 346 g/mol. The minimum atomic E-state index is -0.402. The lowest BCUT2D eigenvalue weighted by molar-refractivity contribution is 0.0932. The molecule has 2 aromatic heterocycles. The molecule has 1 aromatic carbocycles. The van der Waals surface area contributed by atoms with Crippen molar-refractivity contribution in [3.63, 3.8) is 0 Å². The van der Waals surface area contributed by atoms with Crippen LogP contribution < -0.4 is 10.9 Å². The first-order valence-corrected chi connectivity index (χ1v) is 8.11. The minimum absolute atomic E-state index is 0.192. The molecule has 130 valence electrons. The Kier molecular flexibility index (Phi) is 4.55. The van der Waals surface area contributed by atoms with E-state index in [1.807, 2.05) is 25.1 Å². The van der Waals surface area contributed by atoms with E-state index in [2.05, 4.69) is 21.2 Å². The van der Waals surface area contributed by atoms with Crippen LogP contribution in [0.25, 0.3) is 10.8 Å². The Hall–Kier alpha value is -3.46. The van der Waals surface area contributed by atoms with Crippen LogP contribution in [0.4, 0.5) is 0 Å². The summed E-state index contributed by atoms with van der Waals surface area (Å²) in [4.78, 5) is 33.4. The Balaban J connectivity index is 2.02. The lowest BCUT2D eigenvalue weighted by atomic mass is 10.0. The predicted molar refractivity (Wildman–Crippen MR) is 99.8 cm³/mol. The molecule has 0 aliphatic heterocycles. The minimum Gasteiger partial charge on any atom is -0.343 e. The Labute approximate surface area is 150 Å². The molecule has 6 nitrogen and oxygen atoms in total. The van der Waals surface area contributed by atoms with Gasteiger partial charge in [-0.2, -0.15) is 0 Å². The number of nitrogens with one attached hydrogen (secondary N) is 1. The molecule has 1 amide bonds. The van der Waals surface area contributed by atoms with Crippen molar-refractivity contribution in [2.45, 2.75) is 19.9 Å². The summed E-state index contributed by atoms with van der Waals surface area (Å²) >= 11 is 0.